The van der Waals surface area contributed by atoms with Crippen LogP contribution in [0.3, 0.4) is 0 Å². The van der Waals surface area contributed by atoms with Gasteiger partial charge in [-0.2, -0.15) is 5.10 Å². The van der Waals surface area contributed by atoms with Crippen molar-refractivity contribution in [3.8, 4) is 0 Å². The zero-order valence-electron chi connectivity index (χ0n) is 19.8. The van der Waals surface area contributed by atoms with Crippen LogP contribution in [0.15, 0.2) is 73.3 Å². The Labute approximate surface area is 210 Å². The number of epoxide rings is 1. The van der Waals surface area contributed by atoms with Gasteiger partial charge in [0.1, 0.15) is 30.2 Å². The van der Waals surface area contributed by atoms with Gasteiger partial charge in [0.15, 0.2) is 0 Å². The van der Waals surface area contributed by atoms with Crippen LogP contribution >= 0.6 is 11.6 Å². The lowest BCUT2D eigenvalue weighted by Gasteiger charge is -2.14. The Balaban J connectivity index is 0.000000245. The number of hydrogen-bond acceptors (Lipinski definition) is 4. The summed E-state index contributed by atoms with van der Waals surface area (Å²) in [5.74, 6) is -1.03. The molecule has 35 heavy (non-hydrogen) atoms. The SMILES string of the molecule is CCCCCC/C=C/CC(=O)O.Fc1ccc(C2(Cn3cncn3)OC2c2ccccc2Cl)cc1. The first kappa shape index (κ1) is 26.6. The van der Waals surface area contributed by atoms with Gasteiger partial charge in [-0.3, -0.25) is 4.79 Å². The van der Waals surface area contributed by atoms with Crippen molar-refractivity contribution < 1.29 is 19.0 Å². The quantitative estimate of drug-likeness (QED) is 0.180. The van der Waals surface area contributed by atoms with E-state index < -0.39 is 11.6 Å². The zero-order valence-corrected chi connectivity index (χ0v) is 20.6. The average Bonchev–Trinajstić information content (AvgIpc) is 3.31. The first-order valence-corrected chi connectivity index (χ1v) is 12.2. The van der Waals surface area contributed by atoms with Crippen LogP contribution in [-0.4, -0.2) is 25.8 Å². The Morgan fingerprint density at radius 2 is 1.94 bits per heavy atom. The molecule has 0 saturated carbocycles. The fraction of sp³-hybridized carbons (Fsp3) is 0.370. The van der Waals surface area contributed by atoms with Crippen molar-refractivity contribution in [3.63, 3.8) is 0 Å². The number of ether oxygens (including phenoxy) is 1. The molecule has 1 aliphatic heterocycles. The Bertz CT molecular complexity index is 1090. The molecule has 0 radical (unpaired) electrons. The molecule has 1 aliphatic rings. The molecule has 0 bridgehead atoms. The van der Waals surface area contributed by atoms with E-state index in [0.717, 1.165) is 17.5 Å². The van der Waals surface area contributed by atoms with Crippen molar-refractivity contribution in [1.29, 1.82) is 0 Å². The highest BCUT2D eigenvalue weighted by Crippen LogP contribution is 2.59. The number of hydrogen-bond donors (Lipinski definition) is 1. The summed E-state index contributed by atoms with van der Waals surface area (Å²) >= 11 is 6.31. The molecule has 1 saturated heterocycles. The van der Waals surface area contributed by atoms with Gasteiger partial charge in [-0.15, -0.1) is 0 Å². The van der Waals surface area contributed by atoms with Crippen LogP contribution in [0.25, 0.3) is 0 Å². The van der Waals surface area contributed by atoms with E-state index in [9.17, 15) is 9.18 Å². The van der Waals surface area contributed by atoms with Crippen LogP contribution in [-0.2, 0) is 21.7 Å². The van der Waals surface area contributed by atoms with Gasteiger partial charge < -0.3 is 9.84 Å². The summed E-state index contributed by atoms with van der Waals surface area (Å²) in [6.07, 6.45) is 12.8. The number of carbonyl (C=O) groups is 1. The van der Waals surface area contributed by atoms with Crippen LogP contribution in [0, 0.1) is 5.82 Å². The predicted octanol–water partition coefficient (Wildman–Crippen LogP) is 6.73. The molecule has 2 heterocycles. The monoisotopic (exact) mass is 499 g/mol. The number of unbranched alkanes of at least 4 members (excludes halogenated alkanes) is 4. The zero-order chi connectivity index (χ0) is 25.1. The molecular formula is C27H31ClFN3O3. The van der Waals surface area contributed by atoms with E-state index in [1.807, 2.05) is 30.3 Å². The molecule has 186 valence electrons. The summed E-state index contributed by atoms with van der Waals surface area (Å²) in [6, 6.07) is 13.9. The second-order valence-corrected chi connectivity index (χ2v) is 8.83. The molecule has 1 N–H and O–H groups in total. The van der Waals surface area contributed by atoms with Crippen LogP contribution in [0.1, 0.15) is 62.7 Å². The van der Waals surface area contributed by atoms with Gasteiger partial charge in [-0.1, -0.05) is 80.3 Å². The highest BCUT2D eigenvalue weighted by atomic mass is 35.5. The Morgan fingerprint density at radius 1 is 1.17 bits per heavy atom. The van der Waals surface area contributed by atoms with Crippen molar-refractivity contribution >= 4 is 17.6 Å². The summed E-state index contributed by atoms with van der Waals surface area (Å²) in [7, 11) is 0. The van der Waals surface area contributed by atoms with Crippen molar-refractivity contribution in [3.05, 3.63) is 95.3 Å². The van der Waals surface area contributed by atoms with E-state index in [2.05, 4.69) is 17.0 Å². The molecule has 3 aromatic rings. The molecule has 8 heteroatoms. The summed E-state index contributed by atoms with van der Waals surface area (Å²) < 4.78 is 21.1. The molecule has 2 atom stereocenters. The molecule has 4 rings (SSSR count). The van der Waals surface area contributed by atoms with Gasteiger partial charge in [0.25, 0.3) is 0 Å². The van der Waals surface area contributed by atoms with Crippen molar-refractivity contribution in [2.45, 2.75) is 63.7 Å². The van der Waals surface area contributed by atoms with Gasteiger partial charge in [0, 0.05) is 10.6 Å². The largest absolute Gasteiger partial charge is 0.481 e. The maximum atomic E-state index is 13.3. The number of carboxylic acid groups (broad SMARTS) is 1. The van der Waals surface area contributed by atoms with Gasteiger partial charge >= 0.3 is 5.97 Å². The average molecular weight is 500 g/mol. The maximum absolute atomic E-state index is 13.3. The molecule has 0 amide bonds. The fourth-order valence-corrected chi connectivity index (χ4v) is 4.12. The number of halogens is 2. The van der Waals surface area contributed by atoms with E-state index in [0.29, 0.717) is 11.6 Å². The van der Waals surface area contributed by atoms with E-state index in [4.69, 9.17) is 21.4 Å². The van der Waals surface area contributed by atoms with Crippen molar-refractivity contribution in [2.24, 2.45) is 0 Å². The number of rotatable bonds is 11. The minimum atomic E-state index is -0.750. The number of benzene rings is 2. The van der Waals surface area contributed by atoms with Gasteiger partial charge in [0.05, 0.1) is 13.0 Å². The van der Waals surface area contributed by atoms with Crippen LogP contribution in [0.5, 0.6) is 0 Å². The van der Waals surface area contributed by atoms with Crippen molar-refractivity contribution in [1.82, 2.24) is 14.8 Å². The number of aromatic nitrogens is 3. The lowest BCUT2D eigenvalue weighted by molar-refractivity contribution is -0.136. The third-order valence-electron chi connectivity index (χ3n) is 5.76. The molecule has 2 aromatic carbocycles. The smallest absolute Gasteiger partial charge is 0.307 e. The Kier molecular flexibility index (Phi) is 9.99. The topological polar surface area (TPSA) is 80.5 Å². The molecule has 0 spiro atoms. The van der Waals surface area contributed by atoms with E-state index in [-0.39, 0.29) is 18.3 Å². The predicted molar refractivity (Wildman–Crippen MR) is 134 cm³/mol. The summed E-state index contributed by atoms with van der Waals surface area (Å²) in [4.78, 5) is 14.1. The van der Waals surface area contributed by atoms with E-state index in [1.54, 1.807) is 29.2 Å². The van der Waals surface area contributed by atoms with E-state index in [1.165, 1.54) is 44.1 Å². The lowest BCUT2D eigenvalue weighted by atomic mass is 9.91. The standard InChI is InChI=1S/C17H13ClFN3O.C10H18O2/c18-15-4-2-1-3-14(15)16-17(23-16,9-22-11-20-10-21-22)12-5-7-13(19)8-6-12;1-2-3-4-5-6-7-8-9-10(11)12/h1-8,10-11,16H,9H2;7-8H,2-6,9H2,1H3,(H,11,12)/b;8-7+. The number of allylic oxidation sites excluding steroid dienone is 1. The first-order chi connectivity index (χ1) is 17.0. The van der Waals surface area contributed by atoms with Crippen LogP contribution in [0.2, 0.25) is 5.02 Å². The number of nitrogens with zero attached hydrogens (tertiary/aromatic N) is 3. The molecule has 2 unspecified atom stereocenters. The second kappa shape index (κ2) is 13.2. The minimum absolute atomic E-state index is 0.160. The highest BCUT2D eigenvalue weighted by molar-refractivity contribution is 6.31. The van der Waals surface area contributed by atoms with E-state index >= 15 is 0 Å². The second-order valence-electron chi connectivity index (χ2n) is 8.43. The third kappa shape index (κ3) is 7.73. The Morgan fingerprint density at radius 3 is 2.60 bits per heavy atom. The first-order valence-electron chi connectivity index (χ1n) is 11.8. The molecule has 1 fully saturated rings. The third-order valence-corrected chi connectivity index (χ3v) is 6.11. The molecule has 1 aromatic heterocycles. The van der Waals surface area contributed by atoms with Gasteiger partial charge in [-0.25, -0.2) is 14.1 Å². The lowest BCUT2D eigenvalue weighted by Crippen LogP contribution is -2.19. The van der Waals surface area contributed by atoms with Crippen molar-refractivity contribution in [2.75, 3.05) is 0 Å². The number of carboxylic acids is 1. The Hall–Kier alpha value is -3.03. The van der Waals surface area contributed by atoms with Crippen LogP contribution in [0.4, 0.5) is 4.39 Å². The number of aliphatic carboxylic acids is 1. The normalized spacial score (nSPS) is 18.8. The highest BCUT2D eigenvalue weighted by Gasteiger charge is 2.59. The summed E-state index contributed by atoms with van der Waals surface area (Å²) in [5.41, 5.74) is 1.18. The molecular weight excluding hydrogens is 469 g/mol. The fourth-order valence-electron chi connectivity index (χ4n) is 3.89. The summed E-state index contributed by atoms with van der Waals surface area (Å²) in [5, 5.41) is 13.1. The van der Waals surface area contributed by atoms with Gasteiger partial charge in [-0.05, 0) is 36.6 Å². The molecule has 6 nitrogen and oxygen atoms in total. The molecule has 0 aliphatic carbocycles. The van der Waals surface area contributed by atoms with Crippen LogP contribution < -0.4 is 0 Å². The van der Waals surface area contributed by atoms with Gasteiger partial charge in [0.2, 0.25) is 0 Å². The summed E-state index contributed by atoms with van der Waals surface area (Å²) in [6.45, 7) is 2.66. The minimum Gasteiger partial charge on any atom is -0.481 e. The maximum Gasteiger partial charge on any atom is 0.307 e.